The van der Waals surface area contributed by atoms with E-state index in [1.54, 1.807) is 11.0 Å². The maximum atomic E-state index is 12.7. The zero-order valence-electron chi connectivity index (χ0n) is 20.1. The molecule has 2 fully saturated rings. The molecule has 0 radical (unpaired) electrons. The van der Waals surface area contributed by atoms with E-state index in [9.17, 15) is 18.3 Å². The first-order chi connectivity index (χ1) is 16.2. The summed E-state index contributed by atoms with van der Waals surface area (Å²) in [7, 11) is -0.729. The summed E-state index contributed by atoms with van der Waals surface area (Å²) < 4.78 is 40.4. The van der Waals surface area contributed by atoms with Crippen LogP contribution in [0.4, 0.5) is 4.79 Å². The van der Waals surface area contributed by atoms with E-state index in [-0.39, 0.29) is 25.1 Å². The van der Waals surface area contributed by atoms with Crippen molar-refractivity contribution in [2.75, 3.05) is 33.9 Å². The second-order valence-corrected chi connectivity index (χ2v) is 11.1. The Morgan fingerprint density at radius 3 is 2.65 bits per heavy atom. The fraction of sp³-hybridized carbons (Fsp3) is 0.625. The largest absolute Gasteiger partial charge is 0.508 e. The molecule has 2 N–H and O–H groups in total. The van der Waals surface area contributed by atoms with E-state index < -0.39 is 28.4 Å². The minimum atomic E-state index is -3.67. The van der Waals surface area contributed by atoms with Crippen LogP contribution in [0, 0.1) is 0 Å². The number of amides is 1. The highest BCUT2D eigenvalue weighted by Crippen LogP contribution is 2.35. The molecule has 9 nitrogen and oxygen atoms in total. The van der Waals surface area contributed by atoms with Crippen LogP contribution in [0.15, 0.2) is 36.9 Å². The number of rotatable bonds is 9. The number of hydrogen-bond acceptors (Lipinski definition) is 6. The number of carbonyl (C=O) groups excluding carboxylic acids is 1. The van der Waals surface area contributed by atoms with Crippen LogP contribution in [-0.4, -0.2) is 80.9 Å². The van der Waals surface area contributed by atoms with Crippen LogP contribution in [0.3, 0.4) is 0 Å². The van der Waals surface area contributed by atoms with Gasteiger partial charge in [-0.25, -0.2) is 4.79 Å². The molecule has 1 aromatic carbocycles. The molecule has 2 aliphatic rings. The van der Waals surface area contributed by atoms with Crippen molar-refractivity contribution in [2.24, 2.45) is 0 Å². The number of nitrogens with one attached hydrogen (secondary N) is 1. The van der Waals surface area contributed by atoms with Gasteiger partial charge in [-0.1, -0.05) is 24.8 Å². The monoisotopic (exact) mass is 495 g/mol. The summed E-state index contributed by atoms with van der Waals surface area (Å²) in [6, 6.07) is 6.47. The number of phenolic OH excluding ortho intramolecular Hbond substituents is 1. The fourth-order valence-electron chi connectivity index (χ4n) is 4.71. The smallest absolute Gasteiger partial charge is 0.410 e. The van der Waals surface area contributed by atoms with Gasteiger partial charge in [0, 0.05) is 26.7 Å². The minimum Gasteiger partial charge on any atom is -0.508 e. The molecule has 10 heteroatoms. The third kappa shape index (κ3) is 6.94. The van der Waals surface area contributed by atoms with Gasteiger partial charge in [-0.15, -0.1) is 0 Å². The summed E-state index contributed by atoms with van der Waals surface area (Å²) in [6.07, 6.45) is 5.93. The summed E-state index contributed by atoms with van der Waals surface area (Å²) in [6.45, 7) is 4.38. The van der Waals surface area contributed by atoms with Gasteiger partial charge in [0.2, 0.25) is 0 Å². The molecule has 1 saturated heterocycles. The van der Waals surface area contributed by atoms with E-state index in [1.807, 2.05) is 18.2 Å². The van der Waals surface area contributed by atoms with Crippen molar-refractivity contribution in [3.05, 3.63) is 42.5 Å². The van der Waals surface area contributed by atoms with Gasteiger partial charge < -0.3 is 19.5 Å². The lowest BCUT2D eigenvalue weighted by molar-refractivity contribution is -0.0257. The van der Waals surface area contributed by atoms with E-state index in [4.69, 9.17) is 9.47 Å². The number of nitrogens with zero attached hydrogens (tertiary/aromatic N) is 2. The number of piperidine rings is 1. The van der Waals surface area contributed by atoms with E-state index in [1.165, 1.54) is 20.2 Å². The SMILES string of the molecule is C=CCOC(=O)N1CCC[C@H](NS(=O)(=O)N(C)C)[C@@H]1COC1CCC(c2cccc(O)c2)CC1. The van der Waals surface area contributed by atoms with Crippen molar-refractivity contribution < 1.29 is 27.8 Å². The molecular formula is C24H37N3O6S. The van der Waals surface area contributed by atoms with Crippen molar-refractivity contribution in [1.29, 1.82) is 0 Å². The normalized spacial score (nSPS) is 25.8. The molecule has 1 heterocycles. The predicted molar refractivity (Wildman–Crippen MR) is 130 cm³/mol. The summed E-state index contributed by atoms with van der Waals surface area (Å²) in [5, 5.41) is 9.76. The number of likely N-dealkylation sites (tertiary alicyclic amines) is 1. The van der Waals surface area contributed by atoms with Crippen LogP contribution in [0.2, 0.25) is 0 Å². The molecule has 0 unspecified atom stereocenters. The number of phenols is 1. The molecule has 0 spiro atoms. The van der Waals surface area contributed by atoms with E-state index in [0.717, 1.165) is 35.6 Å². The van der Waals surface area contributed by atoms with Gasteiger partial charge in [0.25, 0.3) is 10.2 Å². The zero-order chi connectivity index (χ0) is 24.7. The Labute approximate surface area is 202 Å². The second kappa shape index (κ2) is 12.0. The molecule has 2 atom stereocenters. The minimum absolute atomic E-state index is 0.0348. The quantitative estimate of drug-likeness (QED) is 0.510. The van der Waals surface area contributed by atoms with Crippen molar-refractivity contribution in [1.82, 2.24) is 13.9 Å². The Morgan fingerprint density at radius 1 is 1.26 bits per heavy atom. The molecule has 1 aromatic rings. The molecule has 34 heavy (non-hydrogen) atoms. The number of benzene rings is 1. The summed E-state index contributed by atoms with van der Waals surface area (Å²) in [4.78, 5) is 14.3. The average Bonchev–Trinajstić information content (AvgIpc) is 2.81. The Kier molecular flexibility index (Phi) is 9.35. The molecule has 3 rings (SSSR count). The molecule has 0 aromatic heterocycles. The summed E-state index contributed by atoms with van der Waals surface area (Å²) >= 11 is 0. The number of hydrogen-bond donors (Lipinski definition) is 2. The maximum absolute atomic E-state index is 12.7. The predicted octanol–water partition coefficient (Wildman–Crippen LogP) is 2.99. The van der Waals surface area contributed by atoms with Crippen molar-refractivity contribution >= 4 is 16.3 Å². The molecule has 1 aliphatic heterocycles. The van der Waals surface area contributed by atoms with Gasteiger partial charge in [-0.3, -0.25) is 0 Å². The zero-order valence-corrected chi connectivity index (χ0v) is 20.9. The first kappa shape index (κ1) is 26.5. The third-order valence-corrected chi connectivity index (χ3v) is 8.20. The molecule has 1 aliphatic carbocycles. The third-order valence-electron chi connectivity index (χ3n) is 6.64. The number of carbonyl (C=O) groups is 1. The van der Waals surface area contributed by atoms with Crippen LogP contribution >= 0.6 is 0 Å². The van der Waals surface area contributed by atoms with E-state index in [2.05, 4.69) is 11.3 Å². The van der Waals surface area contributed by atoms with Gasteiger partial charge in [0.15, 0.2) is 0 Å². The van der Waals surface area contributed by atoms with E-state index in [0.29, 0.717) is 25.3 Å². The molecule has 190 valence electrons. The van der Waals surface area contributed by atoms with Crippen LogP contribution in [0.5, 0.6) is 5.75 Å². The Morgan fingerprint density at radius 2 is 2.00 bits per heavy atom. The highest BCUT2D eigenvalue weighted by atomic mass is 32.2. The van der Waals surface area contributed by atoms with Gasteiger partial charge >= 0.3 is 6.09 Å². The summed E-state index contributed by atoms with van der Waals surface area (Å²) in [5.74, 6) is 0.662. The second-order valence-electron chi connectivity index (χ2n) is 9.18. The van der Waals surface area contributed by atoms with Crippen LogP contribution in [-0.2, 0) is 19.7 Å². The highest BCUT2D eigenvalue weighted by Gasteiger charge is 2.38. The van der Waals surface area contributed by atoms with Gasteiger partial charge in [0.1, 0.15) is 12.4 Å². The number of aromatic hydroxyl groups is 1. The van der Waals surface area contributed by atoms with Crippen molar-refractivity contribution in [2.45, 2.75) is 62.6 Å². The Bertz CT molecular complexity index is 930. The molecular weight excluding hydrogens is 458 g/mol. The van der Waals surface area contributed by atoms with Crippen LogP contribution in [0.1, 0.15) is 50.0 Å². The Balaban J connectivity index is 1.64. The van der Waals surface area contributed by atoms with Gasteiger partial charge in [0.05, 0.1) is 18.8 Å². The van der Waals surface area contributed by atoms with Crippen molar-refractivity contribution in [3.63, 3.8) is 0 Å². The molecule has 1 saturated carbocycles. The van der Waals surface area contributed by atoms with Crippen LogP contribution < -0.4 is 4.72 Å². The summed E-state index contributed by atoms with van der Waals surface area (Å²) in [5.41, 5.74) is 1.14. The van der Waals surface area contributed by atoms with E-state index >= 15 is 0 Å². The van der Waals surface area contributed by atoms with Crippen molar-refractivity contribution in [3.8, 4) is 5.75 Å². The first-order valence-corrected chi connectivity index (χ1v) is 13.3. The lowest BCUT2D eigenvalue weighted by Crippen LogP contribution is -2.60. The average molecular weight is 496 g/mol. The Hall–Kier alpha value is -2.14. The number of ether oxygens (including phenoxy) is 2. The van der Waals surface area contributed by atoms with Crippen LogP contribution in [0.25, 0.3) is 0 Å². The lowest BCUT2D eigenvalue weighted by Gasteiger charge is -2.41. The maximum Gasteiger partial charge on any atom is 0.410 e. The lowest BCUT2D eigenvalue weighted by atomic mass is 9.82. The van der Waals surface area contributed by atoms with Gasteiger partial charge in [-0.2, -0.15) is 17.4 Å². The fourth-order valence-corrected chi connectivity index (χ4v) is 5.58. The topological polar surface area (TPSA) is 108 Å². The molecule has 0 bridgehead atoms. The standard InChI is InChI=1S/C24H37N3O6S/c1-4-15-32-24(29)27-14-6-9-22(25-34(30,31)26(2)3)23(27)17-33-21-12-10-18(11-13-21)19-7-5-8-20(28)16-19/h4-5,7-8,16,18,21-23,25,28H,1,6,9-15,17H2,2-3H3/t18?,21?,22-,23-/m0/s1. The van der Waals surface area contributed by atoms with Gasteiger partial charge in [-0.05, 0) is 62.1 Å². The first-order valence-electron chi connectivity index (χ1n) is 11.9. The molecule has 1 amide bonds. The highest BCUT2D eigenvalue weighted by molar-refractivity contribution is 7.87.